The average Bonchev–Trinajstić information content (AvgIpc) is 2.40. The predicted molar refractivity (Wildman–Crippen MR) is 69.2 cm³/mol. The molecule has 4 heteroatoms. The first kappa shape index (κ1) is 13.6. The van der Waals surface area contributed by atoms with Crippen LogP contribution in [0.25, 0.3) is 11.1 Å². The second-order valence-corrected chi connectivity index (χ2v) is 4.37. The van der Waals surface area contributed by atoms with Gasteiger partial charge in [0.1, 0.15) is 17.5 Å². The van der Waals surface area contributed by atoms with Gasteiger partial charge in [0.25, 0.3) is 0 Å². The molecule has 0 aliphatic heterocycles. The van der Waals surface area contributed by atoms with Gasteiger partial charge >= 0.3 is 0 Å². The van der Waals surface area contributed by atoms with Crippen molar-refractivity contribution in [3.8, 4) is 11.1 Å². The summed E-state index contributed by atoms with van der Waals surface area (Å²) >= 11 is 0. The molecule has 0 amide bonds. The zero-order valence-electron chi connectivity index (χ0n) is 10.7. The third-order valence-corrected chi connectivity index (χ3v) is 3.13. The van der Waals surface area contributed by atoms with E-state index in [0.717, 1.165) is 18.2 Å². The fourth-order valence-corrected chi connectivity index (χ4v) is 2.00. The van der Waals surface area contributed by atoms with Crippen molar-refractivity contribution in [3.05, 3.63) is 59.4 Å². The summed E-state index contributed by atoms with van der Waals surface area (Å²) in [6.45, 7) is 1.87. The Balaban J connectivity index is 2.66. The maximum atomic E-state index is 13.8. The van der Waals surface area contributed by atoms with E-state index in [-0.39, 0.29) is 11.6 Å². The zero-order chi connectivity index (χ0) is 14.0. The van der Waals surface area contributed by atoms with Crippen molar-refractivity contribution in [3.63, 3.8) is 0 Å². The molecule has 2 rings (SSSR count). The van der Waals surface area contributed by atoms with Crippen molar-refractivity contribution < 1.29 is 13.2 Å². The Morgan fingerprint density at radius 2 is 1.47 bits per heavy atom. The lowest BCUT2D eigenvalue weighted by Gasteiger charge is -2.16. The summed E-state index contributed by atoms with van der Waals surface area (Å²) < 4.78 is 40.5. The smallest absolute Gasteiger partial charge is 0.131 e. The molecule has 2 aromatic rings. The van der Waals surface area contributed by atoms with E-state index in [9.17, 15) is 13.2 Å². The molecule has 1 unspecified atom stereocenters. The van der Waals surface area contributed by atoms with Gasteiger partial charge < -0.3 is 5.32 Å². The summed E-state index contributed by atoms with van der Waals surface area (Å²) in [6, 6.07) is 7.18. The molecule has 0 spiro atoms. The van der Waals surface area contributed by atoms with Crippen LogP contribution in [-0.4, -0.2) is 7.05 Å². The van der Waals surface area contributed by atoms with Crippen LogP contribution in [0.15, 0.2) is 36.4 Å². The highest BCUT2D eigenvalue weighted by molar-refractivity contribution is 5.68. The van der Waals surface area contributed by atoms with Crippen molar-refractivity contribution in [2.45, 2.75) is 13.0 Å². The molecule has 0 aromatic heterocycles. The molecule has 0 saturated heterocycles. The molecule has 1 N–H and O–H groups in total. The van der Waals surface area contributed by atoms with E-state index in [4.69, 9.17) is 0 Å². The van der Waals surface area contributed by atoms with Gasteiger partial charge in [-0.25, -0.2) is 13.2 Å². The van der Waals surface area contributed by atoms with Crippen molar-refractivity contribution in [2.24, 2.45) is 0 Å². The highest BCUT2D eigenvalue weighted by Gasteiger charge is 2.15. The summed E-state index contributed by atoms with van der Waals surface area (Å²) in [6.07, 6.45) is 0. The van der Waals surface area contributed by atoms with E-state index in [2.05, 4.69) is 5.32 Å². The van der Waals surface area contributed by atoms with E-state index in [1.54, 1.807) is 13.1 Å². The molecule has 0 bridgehead atoms. The molecule has 0 radical (unpaired) electrons. The Labute approximate surface area is 110 Å². The predicted octanol–water partition coefficient (Wildman–Crippen LogP) is 4.05. The van der Waals surface area contributed by atoms with Crippen LogP contribution in [0.2, 0.25) is 0 Å². The highest BCUT2D eigenvalue weighted by Crippen LogP contribution is 2.31. The summed E-state index contributed by atoms with van der Waals surface area (Å²) in [5.74, 6) is -1.61. The molecule has 19 heavy (non-hydrogen) atoms. The highest BCUT2D eigenvalue weighted by atomic mass is 19.1. The van der Waals surface area contributed by atoms with Gasteiger partial charge in [0.15, 0.2) is 0 Å². The molecule has 1 nitrogen and oxygen atoms in total. The van der Waals surface area contributed by atoms with Gasteiger partial charge in [0.2, 0.25) is 0 Å². The first-order valence-electron chi connectivity index (χ1n) is 5.95. The first-order chi connectivity index (χ1) is 9.02. The van der Waals surface area contributed by atoms with Gasteiger partial charge in [-0.1, -0.05) is 6.07 Å². The minimum absolute atomic E-state index is 0.0663. The van der Waals surface area contributed by atoms with Crippen LogP contribution in [-0.2, 0) is 0 Å². The number of hydrogen-bond acceptors (Lipinski definition) is 1. The Morgan fingerprint density at radius 3 is 2.11 bits per heavy atom. The molecule has 100 valence electrons. The minimum atomic E-state index is -0.573. The number of benzene rings is 2. The summed E-state index contributed by atoms with van der Waals surface area (Å²) in [5.41, 5.74) is 1.14. The molecular weight excluding hydrogens is 251 g/mol. The van der Waals surface area contributed by atoms with E-state index in [0.29, 0.717) is 11.1 Å². The number of halogens is 3. The van der Waals surface area contributed by atoms with Crippen LogP contribution < -0.4 is 5.32 Å². The van der Waals surface area contributed by atoms with E-state index >= 15 is 0 Å². The van der Waals surface area contributed by atoms with Gasteiger partial charge in [0.05, 0.1) is 0 Å². The fourth-order valence-electron chi connectivity index (χ4n) is 2.00. The Hall–Kier alpha value is -1.81. The standard InChI is InChI=1S/C15H14F3N/c1-9(19-2)12-5-3-10(16)7-13(12)14-8-11(17)4-6-15(14)18/h3-9,19H,1-2H3. The van der Waals surface area contributed by atoms with Crippen LogP contribution in [0.3, 0.4) is 0 Å². The van der Waals surface area contributed by atoms with Crippen molar-refractivity contribution in [1.82, 2.24) is 5.32 Å². The molecule has 0 aliphatic rings. The SMILES string of the molecule is CNC(C)c1ccc(F)cc1-c1cc(F)ccc1F. The lowest BCUT2D eigenvalue weighted by atomic mass is 9.95. The summed E-state index contributed by atoms with van der Waals surface area (Å²) in [7, 11) is 1.75. The summed E-state index contributed by atoms with van der Waals surface area (Å²) in [5, 5.41) is 3.01. The largest absolute Gasteiger partial charge is 0.313 e. The quantitative estimate of drug-likeness (QED) is 0.882. The topological polar surface area (TPSA) is 12.0 Å². The molecule has 0 saturated carbocycles. The van der Waals surface area contributed by atoms with Gasteiger partial charge in [-0.15, -0.1) is 0 Å². The van der Waals surface area contributed by atoms with E-state index in [1.807, 2.05) is 6.92 Å². The Morgan fingerprint density at radius 1 is 0.895 bits per heavy atom. The van der Waals surface area contributed by atoms with Crippen molar-refractivity contribution >= 4 is 0 Å². The molecule has 1 atom stereocenters. The van der Waals surface area contributed by atoms with Crippen LogP contribution in [0.4, 0.5) is 13.2 Å². The normalized spacial score (nSPS) is 12.5. The molecule has 0 heterocycles. The van der Waals surface area contributed by atoms with Crippen molar-refractivity contribution in [2.75, 3.05) is 7.05 Å². The maximum Gasteiger partial charge on any atom is 0.131 e. The number of rotatable bonds is 3. The third-order valence-electron chi connectivity index (χ3n) is 3.13. The van der Waals surface area contributed by atoms with Gasteiger partial charge in [0, 0.05) is 11.6 Å². The summed E-state index contributed by atoms with van der Waals surface area (Å²) in [4.78, 5) is 0. The van der Waals surface area contributed by atoms with Gasteiger partial charge in [-0.05, 0) is 55.4 Å². The van der Waals surface area contributed by atoms with Crippen LogP contribution in [0, 0.1) is 17.5 Å². The second kappa shape index (κ2) is 5.45. The third kappa shape index (κ3) is 2.79. The van der Waals surface area contributed by atoms with E-state index in [1.165, 1.54) is 12.1 Å². The molecule has 2 aromatic carbocycles. The fraction of sp³-hybridized carbons (Fsp3) is 0.200. The monoisotopic (exact) mass is 265 g/mol. The average molecular weight is 265 g/mol. The molecule has 0 fully saturated rings. The number of nitrogens with one attached hydrogen (secondary N) is 1. The number of hydrogen-bond donors (Lipinski definition) is 1. The second-order valence-electron chi connectivity index (χ2n) is 4.37. The van der Waals surface area contributed by atoms with Crippen LogP contribution >= 0.6 is 0 Å². The Bertz CT molecular complexity index is 596. The lowest BCUT2D eigenvalue weighted by Crippen LogP contribution is -2.13. The van der Waals surface area contributed by atoms with Crippen LogP contribution in [0.1, 0.15) is 18.5 Å². The minimum Gasteiger partial charge on any atom is -0.313 e. The van der Waals surface area contributed by atoms with Crippen LogP contribution in [0.5, 0.6) is 0 Å². The van der Waals surface area contributed by atoms with Gasteiger partial charge in [-0.3, -0.25) is 0 Å². The van der Waals surface area contributed by atoms with E-state index < -0.39 is 17.5 Å². The maximum absolute atomic E-state index is 13.8. The Kier molecular flexibility index (Phi) is 3.90. The lowest BCUT2D eigenvalue weighted by molar-refractivity contribution is 0.599. The molecule has 0 aliphatic carbocycles. The van der Waals surface area contributed by atoms with Gasteiger partial charge in [-0.2, -0.15) is 0 Å². The zero-order valence-corrected chi connectivity index (χ0v) is 10.7. The molecular formula is C15H14F3N. The first-order valence-corrected chi connectivity index (χ1v) is 5.95. The van der Waals surface area contributed by atoms with Crippen molar-refractivity contribution in [1.29, 1.82) is 0 Å².